The highest BCUT2D eigenvalue weighted by Gasteiger charge is 2.49. The molecule has 22 heteroatoms. The summed E-state index contributed by atoms with van der Waals surface area (Å²) >= 11 is 1.34. The monoisotopic (exact) mass is 1130 g/mol. The van der Waals surface area contributed by atoms with E-state index in [2.05, 4.69) is 0 Å². The second-order valence-electron chi connectivity index (χ2n) is 21.3. The van der Waals surface area contributed by atoms with Crippen molar-refractivity contribution in [1.82, 2.24) is 0 Å². The van der Waals surface area contributed by atoms with Crippen LogP contribution in [0.2, 0.25) is 0 Å². The molecule has 4 rings (SSSR count). The van der Waals surface area contributed by atoms with Gasteiger partial charge >= 0.3 is 23.9 Å². The molecule has 0 amide bonds. The summed E-state index contributed by atoms with van der Waals surface area (Å²) in [6.45, 7) is 20.3. The van der Waals surface area contributed by atoms with Crippen molar-refractivity contribution in [1.29, 1.82) is 0 Å². The van der Waals surface area contributed by atoms with Crippen LogP contribution in [0.1, 0.15) is 122 Å². The predicted molar refractivity (Wildman–Crippen MR) is 285 cm³/mol. The van der Waals surface area contributed by atoms with E-state index in [0.717, 1.165) is 11.1 Å². The molecule has 21 nitrogen and oxygen atoms in total. The van der Waals surface area contributed by atoms with Crippen molar-refractivity contribution in [2.45, 2.75) is 219 Å². The number of ketones is 2. The minimum atomic E-state index is -1.52. The molecule has 2 fully saturated rings. The SMILES string of the molecule is C/C=C(/C)[C@H]1C/C=C(\C)[C@@H](O[C@H]2O[C@H](CO)[C@@H](O)[C@@H]2O)[C@H](OC(=O)CC(C)C)C(=O)C[C@@H](OC)[C@H](C)C(=O)O1.C/C=C(/C)[C@H]1C/C=C(\C)[C@@H](O[C@H]2O[C@H](CO)[C@@H](O)[C@@H]2O)[C@H](OC(=O)CC(C)C)C(=O)C[C@@H](SC)[C@H](C)C(=O)O1. The maximum Gasteiger partial charge on any atom is 0.311 e. The fourth-order valence-electron chi connectivity index (χ4n) is 8.92. The predicted octanol–water partition coefficient (Wildman–Crippen LogP) is 3.93. The van der Waals surface area contributed by atoms with Crippen LogP contribution in [0.3, 0.4) is 0 Å². The van der Waals surface area contributed by atoms with E-state index in [9.17, 15) is 59.4 Å². The molecule has 0 spiro atoms. The number of aliphatic hydroxyl groups is 6. The van der Waals surface area contributed by atoms with Gasteiger partial charge < -0.3 is 73.3 Å². The van der Waals surface area contributed by atoms with Crippen molar-refractivity contribution in [2.24, 2.45) is 23.7 Å². The number of aliphatic hydroxyl groups excluding tert-OH is 6. The molecule has 0 saturated carbocycles. The van der Waals surface area contributed by atoms with Crippen molar-refractivity contribution < 1.29 is 102 Å². The molecule has 78 heavy (non-hydrogen) atoms. The Balaban J connectivity index is 0.000000410. The van der Waals surface area contributed by atoms with E-state index in [1.165, 1.54) is 18.9 Å². The van der Waals surface area contributed by atoms with Crippen molar-refractivity contribution >= 4 is 47.2 Å². The number of allylic oxidation sites excluding steroid dienone is 2. The summed E-state index contributed by atoms with van der Waals surface area (Å²) < 4.78 is 51.7. The maximum absolute atomic E-state index is 13.7. The molecule has 0 aromatic carbocycles. The van der Waals surface area contributed by atoms with Gasteiger partial charge in [0.2, 0.25) is 0 Å². The lowest BCUT2D eigenvalue weighted by atomic mass is 9.92. The van der Waals surface area contributed by atoms with Crippen LogP contribution in [0.25, 0.3) is 0 Å². The van der Waals surface area contributed by atoms with Gasteiger partial charge in [-0.25, -0.2) is 0 Å². The van der Waals surface area contributed by atoms with Gasteiger partial charge in [-0.1, -0.05) is 58.9 Å². The number of thioether (sulfide) groups is 1. The zero-order chi connectivity index (χ0) is 58.9. The van der Waals surface area contributed by atoms with Gasteiger partial charge in [-0.15, -0.1) is 0 Å². The van der Waals surface area contributed by atoms with E-state index in [0.29, 0.717) is 11.1 Å². The summed E-state index contributed by atoms with van der Waals surface area (Å²) in [5, 5.41) is 60.1. The van der Waals surface area contributed by atoms with E-state index in [1.54, 1.807) is 46.1 Å². The molecule has 0 radical (unpaired) electrons. The first-order valence-corrected chi connectivity index (χ1v) is 28.0. The summed E-state index contributed by atoms with van der Waals surface area (Å²) in [6, 6.07) is 0. The quantitative estimate of drug-likeness (QED) is 0.0725. The second kappa shape index (κ2) is 32.5. The molecule has 2 saturated heterocycles. The number of esters is 4. The van der Waals surface area contributed by atoms with Crippen LogP contribution in [0, 0.1) is 23.7 Å². The topological polar surface area (TPSA) is 307 Å². The standard InChI is InChI=1S/C28H44O11.C28H44O10S/c1-8-15(4)19-10-9-16(5)25(39-28-24(33)23(32)21(13-29)37-28)26(38-22(31)11-14(2)3)18(30)12-20(35-7)17(6)27(34)36-19;1-8-15(4)19-10-9-16(5)25(38-28-24(33)23(32)20(13-29)36-28)26(37-22(31)11-14(2)3)18(30)12-21(39-7)17(6)27(34)35-19/h2*8-9,14,17,19-21,23-26,28-29,32-33H,10-13H2,1-7H3/b2*15-8-,16-9+/t2*17-,19+,20+,21+,23+,24-,25+,26+,28+/m00/s1. The van der Waals surface area contributed by atoms with E-state index in [4.69, 9.17) is 42.6 Å². The molecule has 4 aliphatic rings. The molecule has 0 aromatic heterocycles. The lowest BCUT2D eigenvalue weighted by molar-refractivity contribution is -0.209. The molecule has 0 aromatic rings. The van der Waals surface area contributed by atoms with E-state index < -0.39 is 158 Å². The minimum absolute atomic E-state index is 0.0198. The van der Waals surface area contributed by atoms with E-state index in [1.807, 2.05) is 67.5 Å². The zero-order valence-corrected chi connectivity index (χ0v) is 48.5. The average Bonchev–Trinajstić information content (AvgIpc) is 3.84. The third-order valence-corrected chi connectivity index (χ3v) is 15.5. The number of hydrogen-bond donors (Lipinski definition) is 6. The number of ether oxygens (including phenoxy) is 9. The third kappa shape index (κ3) is 19.1. The van der Waals surface area contributed by atoms with Crippen LogP contribution in [-0.2, 0) is 71.4 Å². The largest absolute Gasteiger partial charge is 0.457 e. The van der Waals surface area contributed by atoms with E-state index in [-0.39, 0.29) is 50.4 Å². The van der Waals surface area contributed by atoms with Gasteiger partial charge in [-0.2, -0.15) is 11.8 Å². The molecule has 4 heterocycles. The Morgan fingerprint density at radius 2 is 1.04 bits per heavy atom. The first-order chi connectivity index (χ1) is 36.7. The molecule has 444 valence electrons. The van der Waals surface area contributed by atoms with Gasteiger partial charge in [0.15, 0.2) is 36.4 Å². The van der Waals surface area contributed by atoms with E-state index >= 15 is 0 Å². The molecular formula is C56H88O21S. The van der Waals surface area contributed by atoms with Crippen LogP contribution < -0.4 is 0 Å². The molecule has 0 aliphatic carbocycles. The summed E-state index contributed by atoms with van der Waals surface area (Å²) in [6.07, 6.45) is -8.97. The van der Waals surface area contributed by atoms with Gasteiger partial charge in [-0.05, 0) is 88.9 Å². The van der Waals surface area contributed by atoms with Gasteiger partial charge in [0.25, 0.3) is 0 Å². The number of carbonyl (C=O) groups is 6. The van der Waals surface area contributed by atoms with Crippen LogP contribution in [0.4, 0.5) is 0 Å². The van der Waals surface area contributed by atoms with Gasteiger partial charge in [0.1, 0.15) is 61.0 Å². The fraction of sp³-hybridized carbons (Fsp3) is 0.750. The average molecular weight is 1130 g/mol. The highest BCUT2D eigenvalue weighted by Crippen LogP contribution is 2.33. The lowest BCUT2D eigenvalue weighted by Crippen LogP contribution is -2.47. The lowest BCUT2D eigenvalue weighted by Gasteiger charge is -2.32. The Morgan fingerprint density at radius 1 is 0.654 bits per heavy atom. The van der Waals surface area contributed by atoms with Gasteiger partial charge in [0, 0.05) is 50.9 Å². The van der Waals surface area contributed by atoms with Gasteiger partial charge in [0.05, 0.1) is 31.2 Å². The normalized spacial score (nSPS) is 36.5. The van der Waals surface area contributed by atoms with Crippen molar-refractivity contribution in [3.05, 3.63) is 46.6 Å². The summed E-state index contributed by atoms with van der Waals surface area (Å²) in [5.74, 6) is -4.67. The Bertz CT molecular complexity index is 1970. The molecule has 0 unspecified atom stereocenters. The maximum atomic E-state index is 13.7. The van der Waals surface area contributed by atoms with Gasteiger partial charge in [-0.3, -0.25) is 28.8 Å². The summed E-state index contributed by atoms with van der Waals surface area (Å²) in [5.41, 5.74) is 2.59. The molecular weight excluding hydrogens is 1040 g/mol. The molecule has 18 atom stereocenters. The summed E-state index contributed by atoms with van der Waals surface area (Å²) in [4.78, 5) is 79.0. The summed E-state index contributed by atoms with van der Waals surface area (Å²) in [7, 11) is 1.38. The Kier molecular flexibility index (Phi) is 28.5. The number of carbonyl (C=O) groups excluding carboxylic acids is 6. The number of cyclic esters (lactones) is 2. The highest BCUT2D eigenvalue weighted by atomic mass is 32.2. The molecule has 4 aliphatic heterocycles. The Hall–Kier alpha value is -3.91. The van der Waals surface area contributed by atoms with Crippen molar-refractivity contribution in [3.63, 3.8) is 0 Å². The first kappa shape index (κ1) is 68.4. The minimum Gasteiger partial charge on any atom is -0.457 e. The number of rotatable bonds is 16. The number of methoxy groups -OCH3 is 1. The number of Topliss-reactive ketones (excluding diaryl/α,β-unsaturated/α-hetero) is 2. The Morgan fingerprint density at radius 3 is 1.37 bits per heavy atom. The third-order valence-electron chi connectivity index (χ3n) is 14.3. The Labute approximate surface area is 463 Å². The van der Waals surface area contributed by atoms with Crippen LogP contribution in [-0.4, -0.2) is 190 Å². The second-order valence-corrected chi connectivity index (χ2v) is 22.4. The van der Waals surface area contributed by atoms with Crippen LogP contribution in [0.5, 0.6) is 0 Å². The molecule has 0 bridgehead atoms. The van der Waals surface area contributed by atoms with Crippen LogP contribution >= 0.6 is 11.8 Å². The fourth-order valence-corrected chi connectivity index (χ4v) is 9.77. The molecule has 6 N–H and O–H groups in total. The van der Waals surface area contributed by atoms with Crippen molar-refractivity contribution in [3.8, 4) is 0 Å². The zero-order valence-electron chi connectivity index (χ0n) is 47.7. The first-order valence-electron chi connectivity index (χ1n) is 26.7. The number of hydrogen-bond acceptors (Lipinski definition) is 22. The van der Waals surface area contributed by atoms with Crippen molar-refractivity contribution in [2.75, 3.05) is 26.6 Å². The smallest absolute Gasteiger partial charge is 0.311 e. The van der Waals surface area contributed by atoms with Crippen LogP contribution in [0.15, 0.2) is 46.6 Å². The highest BCUT2D eigenvalue weighted by molar-refractivity contribution is 7.99.